The quantitative estimate of drug-likeness (QED) is 0.352. The molecule has 1 aliphatic rings. The standard InChI is InChI=1S/C23H20F3N9O2/c1-28-35(17-10-37-9-14-11(17)3-4-34-18(23(24,25)26)8-30-21(14)34)22(36)15-5-12-16(7-29-15)32-20(27)13-6-31-33(2)19(12)13/h3-8,17,28H,9-10H2,1-2H3,(H2,27,32)/i1D3. The number of alkyl halides is 3. The Kier molecular flexibility index (Phi) is 4.35. The Labute approximate surface area is 210 Å². The number of halogens is 3. The number of anilines is 1. The molecule has 6 rings (SSSR count). The third-order valence-corrected chi connectivity index (χ3v) is 6.45. The summed E-state index contributed by atoms with van der Waals surface area (Å²) in [5.74, 6) is -0.581. The van der Waals surface area contributed by atoms with Gasteiger partial charge in [-0.15, -0.1) is 0 Å². The SMILES string of the molecule is [2H]C([2H])([2H])NN(C(=O)c1cc2c(cn1)nc(N)c1cnn(C)c12)C1COCc2c1ccn1c(C(F)(F)F)cnc21. The lowest BCUT2D eigenvalue weighted by molar-refractivity contribution is -0.141. The van der Waals surface area contributed by atoms with E-state index in [1.54, 1.807) is 17.9 Å². The van der Waals surface area contributed by atoms with Crippen molar-refractivity contribution in [3.63, 3.8) is 0 Å². The number of nitrogens with one attached hydrogen (secondary N) is 1. The number of imidazole rings is 1. The van der Waals surface area contributed by atoms with Crippen LogP contribution in [0, 0.1) is 0 Å². The molecule has 0 spiro atoms. The van der Waals surface area contributed by atoms with Crippen LogP contribution in [0.1, 0.15) is 37.5 Å². The molecule has 5 aromatic rings. The van der Waals surface area contributed by atoms with Crippen molar-refractivity contribution in [3.8, 4) is 0 Å². The number of amides is 1. The molecule has 14 heteroatoms. The number of ether oxygens (including phenoxy) is 1. The maximum absolute atomic E-state index is 13.9. The van der Waals surface area contributed by atoms with Crippen LogP contribution >= 0.6 is 0 Å². The summed E-state index contributed by atoms with van der Waals surface area (Å²) in [7, 11) is 1.70. The summed E-state index contributed by atoms with van der Waals surface area (Å²) in [6.07, 6.45) is 0.134. The minimum Gasteiger partial charge on any atom is -0.383 e. The van der Waals surface area contributed by atoms with Crippen LogP contribution in [-0.2, 0) is 24.6 Å². The van der Waals surface area contributed by atoms with Gasteiger partial charge in [0.05, 0.1) is 54.3 Å². The number of rotatable bonds is 3. The van der Waals surface area contributed by atoms with E-state index in [-0.39, 0.29) is 30.4 Å². The van der Waals surface area contributed by atoms with E-state index in [0.29, 0.717) is 39.1 Å². The van der Waals surface area contributed by atoms with Crippen molar-refractivity contribution < 1.29 is 26.8 Å². The van der Waals surface area contributed by atoms with Crippen LogP contribution < -0.4 is 11.2 Å². The number of nitrogens with zero attached hydrogens (tertiary/aromatic N) is 7. The van der Waals surface area contributed by atoms with E-state index in [4.69, 9.17) is 14.6 Å². The lowest BCUT2D eigenvalue weighted by atomic mass is 9.99. The first-order valence-corrected chi connectivity index (χ1v) is 11.0. The molecule has 1 aliphatic heterocycles. The summed E-state index contributed by atoms with van der Waals surface area (Å²) in [6.45, 7) is -3.03. The van der Waals surface area contributed by atoms with E-state index in [2.05, 4.69) is 25.5 Å². The Hall–Kier alpha value is -4.30. The molecular formula is C23H20F3N9O2. The van der Waals surface area contributed by atoms with Gasteiger partial charge in [-0.2, -0.15) is 18.3 Å². The number of hydrazine groups is 1. The van der Waals surface area contributed by atoms with Gasteiger partial charge in [-0.25, -0.2) is 20.4 Å². The van der Waals surface area contributed by atoms with Crippen LogP contribution in [0.5, 0.6) is 0 Å². The Morgan fingerprint density at radius 1 is 1.30 bits per heavy atom. The van der Waals surface area contributed by atoms with Gasteiger partial charge >= 0.3 is 6.18 Å². The lowest BCUT2D eigenvalue weighted by Gasteiger charge is -2.34. The largest absolute Gasteiger partial charge is 0.433 e. The highest BCUT2D eigenvalue weighted by Gasteiger charge is 2.37. The lowest BCUT2D eigenvalue weighted by Crippen LogP contribution is -2.46. The van der Waals surface area contributed by atoms with E-state index in [1.165, 1.54) is 24.5 Å². The highest BCUT2D eigenvalue weighted by molar-refractivity contribution is 6.09. The van der Waals surface area contributed by atoms with Crippen LogP contribution in [0.25, 0.3) is 27.5 Å². The second kappa shape index (κ2) is 8.11. The van der Waals surface area contributed by atoms with Crippen LogP contribution in [0.2, 0.25) is 0 Å². The van der Waals surface area contributed by atoms with Crippen molar-refractivity contribution in [1.29, 1.82) is 0 Å². The number of carbonyl (C=O) groups excluding carboxylic acids is 1. The van der Waals surface area contributed by atoms with Gasteiger partial charge < -0.3 is 10.5 Å². The minimum atomic E-state index is -4.64. The van der Waals surface area contributed by atoms with Gasteiger partial charge in [-0.1, -0.05) is 0 Å². The Morgan fingerprint density at radius 2 is 2.14 bits per heavy atom. The Bertz CT molecular complexity index is 1820. The van der Waals surface area contributed by atoms with Crippen LogP contribution in [-0.4, -0.2) is 53.6 Å². The zero-order valence-corrected chi connectivity index (χ0v) is 19.1. The summed E-state index contributed by atoms with van der Waals surface area (Å²) < 4.78 is 71.8. The van der Waals surface area contributed by atoms with E-state index in [0.717, 1.165) is 9.41 Å². The number of nitrogens with two attached hydrogens (primary N) is 1. The number of nitrogen functional groups attached to an aromatic ring is 1. The van der Waals surface area contributed by atoms with Gasteiger partial charge in [0, 0.05) is 35.3 Å². The highest BCUT2D eigenvalue weighted by Crippen LogP contribution is 2.36. The van der Waals surface area contributed by atoms with E-state index < -0.39 is 30.8 Å². The smallest absolute Gasteiger partial charge is 0.383 e. The van der Waals surface area contributed by atoms with Gasteiger partial charge in [-0.05, 0) is 17.7 Å². The molecule has 0 aliphatic carbocycles. The first-order valence-electron chi connectivity index (χ1n) is 12.5. The molecule has 0 saturated heterocycles. The molecule has 1 atom stereocenters. The number of carbonyl (C=O) groups is 1. The normalized spacial score (nSPS) is 17.5. The number of aromatic nitrogens is 6. The van der Waals surface area contributed by atoms with Crippen LogP contribution in [0.4, 0.5) is 19.0 Å². The number of hydrogen-bond acceptors (Lipinski definition) is 8. The summed E-state index contributed by atoms with van der Waals surface area (Å²) in [4.78, 5) is 26.3. The van der Waals surface area contributed by atoms with E-state index in [1.807, 2.05) is 0 Å². The van der Waals surface area contributed by atoms with Crippen molar-refractivity contribution in [1.82, 2.24) is 39.6 Å². The molecule has 1 unspecified atom stereocenters. The third kappa shape index (κ3) is 3.48. The maximum atomic E-state index is 13.9. The molecule has 0 bridgehead atoms. The number of pyridine rings is 3. The summed E-state index contributed by atoms with van der Waals surface area (Å²) in [5, 5.41) is 6.15. The van der Waals surface area contributed by atoms with Crippen molar-refractivity contribution in [2.75, 3.05) is 19.3 Å². The van der Waals surface area contributed by atoms with Crippen molar-refractivity contribution in [3.05, 3.63) is 59.4 Å². The van der Waals surface area contributed by atoms with Crippen LogP contribution in [0.3, 0.4) is 0 Å². The molecule has 37 heavy (non-hydrogen) atoms. The second-order valence-electron chi connectivity index (χ2n) is 8.52. The summed E-state index contributed by atoms with van der Waals surface area (Å²) in [6, 6.07) is 1.82. The summed E-state index contributed by atoms with van der Waals surface area (Å²) >= 11 is 0. The third-order valence-electron chi connectivity index (χ3n) is 6.45. The number of fused-ring (bicyclic) bond motifs is 6. The topological polar surface area (TPSA) is 128 Å². The molecule has 5 aromatic heterocycles. The molecule has 0 radical (unpaired) electrons. The average Bonchev–Trinajstić information content (AvgIpc) is 3.51. The first kappa shape index (κ1) is 19.8. The van der Waals surface area contributed by atoms with Crippen molar-refractivity contribution >= 4 is 39.2 Å². The Balaban J connectivity index is 1.47. The molecule has 3 N–H and O–H groups in total. The second-order valence-corrected chi connectivity index (χ2v) is 8.52. The van der Waals surface area contributed by atoms with Gasteiger partial charge in [0.25, 0.3) is 5.91 Å². The minimum absolute atomic E-state index is 0.0121. The van der Waals surface area contributed by atoms with E-state index >= 15 is 0 Å². The summed E-state index contributed by atoms with van der Waals surface area (Å²) in [5.41, 5.74) is 8.85. The predicted molar refractivity (Wildman–Crippen MR) is 126 cm³/mol. The van der Waals surface area contributed by atoms with Gasteiger partial charge in [0.1, 0.15) is 22.9 Å². The van der Waals surface area contributed by atoms with Crippen LogP contribution in [0.15, 0.2) is 36.9 Å². The average molecular weight is 514 g/mol. The fourth-order valence-electron chi connectivity index (χ4n) is 4.74. The Morgan fingerprint density at radius 3 is 2.92 bits per heavy atom. The monoisotopic (exact) mass is 514 g/mol. The fraction of sp³-hybridized carbons (Fsp3) is 0.261. The molecular weight excluding hydrogens is 491 g/mol. The zero-order chi connectivity index (χ0) is 28.6. The van der Waals surface area contributed by atoms with Gasteiger partial charge in [-0.3, -0.25) is 18.9 Å². The molecule has 0 aromatic carbocycles. The first-order chi connectivity index (χ1) is 18.8. The molecule has 0 saturated carbocycles. The van der Waals surface area contributed by atoms with Crippen molar-refractivity contribution in [2.45, 2.75) is 18.8 Å². The molecule has 0 fully saturated rings. The molecule has 190 valence electrons. The van der Waals surface area contributed by atoms with Gasteiger partial charge in [0.2, 0.25) is 0 Å². The maximum Gasteiger partial charge on any atom is 0.433 e. The van der Waals surface area contributed by atoms with Gasteiger partial charge in [0.15, 0.2) is 0 Å². The number of aryl methyl sites for hydroxylation is 1. The molecule has 11 nitrogen and oxygen atoms in total. The van der Waals surface area contributed by atoms with E-state index in [9.17, 15) is 18.0 Å². The van der Waals surface area contributed by atoms with Crippen molar-refractivity contribution in [2.24, 2.45) is 7.05 Å². The fourth-order valence-corrected chi connectivity index (χ4v) is 4.74. The number of hydrogen-bond donors (Lipinski definition) is 2. The predicted octanol–water partition coefficient (Wildman–Crippen LogP) is 2.61. The molecule has 6 heterocycles. The molecule has 1 amide bonds. The highest BCUT2D eigenvalue weighted by atomic mass is 19.4. The zero-order valence-electron chi connectivity index (χ0n) is 22.1.